The zero-order chi connectivity index (χ0) is 10.8. The first-order valence-electron chi connectivity index (χ1n) is 4.28. The van der Waals surface area contributed by atoms with E-state index in [1.165, 1.54) is 7.11 Å². The number of ether oxygens (including phenoxy) is 1. The van der Waals surface area contributed by atoms with Crippen LogP contribution < -0.4 is 4.74 Å². The molecule has 2 rings (SSSR count). The van der Waals surface area contributed by atoms with Crippen LogP contribution in [-0.2, 0) is 0 Å². The van der Waals surface area contributed by atoms with Crippen LogP contribution in [0.3, 0.4) is 0 Å². The van der Waals surface area contributed by atoms with Gasteiger partial charge >= 0.3 is 6.08 Å². The molecule has 1 aromatic carbocycles. The zero-order valence-electron chi connectivity index (χ0n) is 7.99. The molecule has 0 saturated heterocycles. The average molecular weight is 226 g/mol. The van der Waals surface area contributed by atoms with Crippen LogP contribution in [0.5, 0.6) is 6.08 Å². The van der Waals surface area contributed by atoms with Crippen LogP contribution in [0.15, 0.2) is 22.6 Å². The third kappa shape index (κ3) is 1.80. The second-order valence-corrected chi connectivity index (χ2v) is 3.19. The van der Waals surface area contributed by atoms with E-state index in [1.807, 2.05) is 0 Å². The molecule has 5 heteroatoms. The number of ketones is 1. The lowest BCUT2D eigenvalue weighted by atomic mass is 10.1. The molecule has 0 radical (unpaired) electrons. The van der Waals surface area contributed by atoms with E-state index in [0.29, 0.717) is 16.7 Å². The third-order valence-electron chi connectivity index (χ3n) is 1.99. The fraction of sp³-hybridized carbons (Fsp3) is 0.200. The van der Waals surface area contributed by atoms with Gasteiger partial charge in [-0.1, -0.05) is 0 Å². The van der Waals surface area contributed by atoms with Crippen LogP contribution in [0, 0.1) is 0 Å². The number of hydrogen-bond donors (Lipinski definition) is 0. The van der Waals surface area contributed by atoms with Crippen molar-refractivity contribution in [3.05, 3.63) is 23.8 Å². The smallest absolute Gasteiger partial charge is 0.394 e. The SMILES string of the molecule is COc1nc2cc(C(=O)CCl)ccc2o1. The van der Waals surface area contributed by atoms with Gasteiger partial charge in [-0.05, 0) is 18.2 Å². The highest BCUT2D eigenvalue weighted by atomic mass is 35.5. The molecule has 0 amide bonds. The Bertz CT molecular complexity index is 506. The summed E-state index contributed by atoms with van der Waals surface area (Å²) in [5.74, 6) is -0.180. The number of methoxy groups -OCH3 is 1. The Labute approximate surface area is 90.8 Å². The second kappa shape index (κ2) is 3.90. The molecule has 0 spiro atoms. The van der Waals surface area contributed by atoms with Gasteiger partial charge in [-0.3, -0.25) is 4.79 Å². The molecule has 0 aliphatic carbocycles. The van der Waals surface area contributed by atoms with Crippen molar-refractivity contribution in [2.75, 3.05) is 13.0 Å². The predicted molar refractivity (Wildman–Crippen MR) is 55.6 cm³/mol. The summed E-state index contributed by atoms with van der Waals surface area (Å²) in [5, 5.41) is 0. The average Bonchev–Trinajstić information content (AvgIpc) is 2.69. The van der Waals surface area contributed by atoms with E-state index in [2.05, 4.69) is 4.98 Å². The predicted octanol–water partition coefficient (Wildman–Crippen LogP) is 2.26. The monoisotopic (exact) mass is 225 g/mol. The van der Waals surface area contributed by atoms with E-state index in [0.717, 1.165) is 0 Å². The largest absolute Gasteiger partial charge is 0.453 e. The van der Waals surface area contributed by atoms with Gasteiger partial charge in [0.1, 0.15) is 5.52 Å². The van der Waals surface area contributed by atoms with Gasteiger partial charge in [0.05, 0.1) is 13.0 Å². The Morgan fingerprint density at radius 2 is 2.40 bits per heavy atom. The summed E-state index contributed by atoms with van der Waals surface area (Å²) in [6.45, 7) is 0. The Kier molecular flexibility index (Phi) is 2.60. The van der Waals surface area contributed by atoms with E-state index in [9.17, 15) is 4.79 Å². The lowest BCUT2D eigenvalue weighted by molar-refractivity contribution is 0.102. The van der Waals surface area contributed by atoms with E-state index in [-0.39, 0.29) is 17.7 Å². The number of halogens is 1. The van der Waals surface area contributed by atoms with Crippen molar-refractivity contribution in [1.82, 2.24) is 4.98 Å². The number of carbonyl (C=O) groups excluding carboxylic acids is 1. The van der Waals surface area contributed by atoms with Crippen molar-refractivity contribution in [3.63, 3.8) is 0 Å². The maximum atomic E-state index is 11.3. The topological polar surface area (TPSA) is 52.3 Å². The number of hydrogen-bond acceptors (Lipinski definition) is 4. The normalized spacial score (nSPS) is 10.5. The molecular formula is C10H8ClNO3. The Hall–Kier alpha value is -1.55. The number of alkyl halides is 1. The molecule has 1 heterocycles. The third-order valence-corrected chi connectivity index (χ3v) is 2.23. The molecule has 0 N–H and O–H groups in total. The summed E-state index contributed by atoms with van der Waals surface area (Å²) in [5.41, 5.74) is 1.69. The molecule has 2 aromatic rings. The molecule has 4 nitrogen and oxygen atoms in total. The summed E-state index contributed by atoms with van der Waals surface area (Å²) in [4.78, 5) is 15.3. The van der Waals surface area contributed by atoms with Crippen molar-refractivity contribution in [3.8, 4) is 6.08 Å². The number of oxazole rings is 1. The fourth-order valence-corrected chi connectivity index (χ4v) is 1.40. The first-order chi connectivity index (χ1) is 7.24. The number of aromatic nitrogens is 1. The van der Waals surface area contributed by atoms with Crippen molar-refractivity contribution in [2.24, 2.45) is 0 Å². The Balaban J connectivity index is 2.50. The minimum Gasteiger partial charge on any atom is -0.453 e. The molecule has 15 heavy (non-hydrogen) atoms. The number of carbonyl (C=O) groups is 1. The van der Waals surface area contributed by atoms with Gasteiger partial charge < -0.3 is 9.15 Å². The molecule has 0 atom stereocenters. The molecule has 0 unspecified atom stereocenters. The van der Waals surface area contributed by atoms with Crippen molar-refractivity contribution in [1.29, 1.82) is 0 Å². The molecular weight excluding hydrogens is 218 g/mol. The zero-order valence-corrected chi connectivity index (χ0v) is 8.75. The van der Waals surface area contributed by atoms with Gasteiger partial charge in [-0.25, -0.2) is 0 Å². The maximum absolute atomic E-state index is 11.3. The van der Waals surface area contributed by atoms with Crippen molar-refractivity contribution in [2.45, 2.75) is 0 Å². The van der Waals surface area contributed by atoms with Crippen LogP contribution in [0.25, 0.3) is 11.1 Å². The first-order valence-corrected chi connectivity index (χ1v) is 4.82. The van der Waals surface area contributed by atoms with Crippen molar-refractivity contribution < 1.29 is 13.9 Å². The van der Waals surface area contributed by atoms with E-state index in [1.54, 1.807) is 18.2 Å². The highest BCUT2D eigenvalue weighted by molar-refractivity contribution is 6.30. The van der Waals surface area contributed by atoms with Crippen LogP contribution in [0.2, 0.25) is 0 Å². The number of benzene rings is 1. The van der Waals surface area contributed by atoms with E-state index < -0.39 is 0 Å². The molecule has 0 saturated carbocycles. The summed E-state index contributed by atoms with van der Waals surface area (Å²) >= 11 is 5.45. The van der Waals surface area contributed by atoms with Crippen LogP contribution in [0.1, 0.15) is 10.4 Å². The minimum absolute atomic E-state index is 0.0412. The van der Waals surface area contributed by atoms with E-state index in [4.69, 9.17) is 20.8 Å². The molecule has 78 valence electrons. The highest BCUT2D eigenvalue weighted by Gasteiger charge is 2.09. The number of rotatable bonds is 3. The number of fused-ring (bicyclic) bond motifs is 1. The van der Waals surface area contributed by atoms with E-state index >= 15 is 0 Å². The van der Waals surface area contributed by atoms with Gasteiger partial charge in [0.2, 0.25) is 0 Å². The van der Waals surface area contributed by atoms with Gasteiger partial charge in [-0.2, -0.15) is 4.98 Å². The van der Waals surface area contributed by atoms with Crippen molar-refractivity contribution >= 4 is 28.5 Å². The lowest BCUT2D eigenvalue weighted by Crippen LogP contribution is -1.99. The lowest BCUT2D eigenvalue weighted by Gasteiger charge is -1.94. The second-order valence-electron chi connectivity index (χ2n) is 2.92. The molecule has 0 aliphatic rings. The summed E-state index contributed by atoms with van der Waals surface area (Å²) in [7, 11) is 1.47. The molecule has 0 bridgehead atoms. The summed E-state index contributed by atoms with van der Waals surface area (Å²) in [6, 6.07) is 4.95. The summed E-state index contributed by atoms with van der Waals surface area (Å²) in [6.07, 6.45) is 0.181. The number of nitrogens with zero attached hydrogens (tertiary/aromatic N) is 1. The van der Waals surface area contributed by atoms with Crippen LogP contribution in [-0.4, -0.2) is 23.8 Å². The minimum atomic E-state index is -0.138. The standard InChI is InChI=1S/C10H8ClNO3/c1-14-10-12-7-4-6(8(13)5-11)2-3-9(7)15-10/h2-4H,5H2,1H3. The molecule has 1 aromatic heterocycles. The molecule has 0 fully saturated rings. The summed E-state index contributed by atoms with van der Waals surface area (Å²) < 4.78 is 10.0. The van der Waals surface area contributed by atoms with Gasteiger partial charge in [0, 0.05) is 5.56 Å². The number of Topliss-reactive ketones (excluding diaryl/α,β-unsaturated/α-hetero) is 1. The Morgan fingerprint density at radius 1 is 1.60 bits per heavy atom. The van der Waals surface area contributed by atoms with Crippen LogP contribution >= 0.6 is 11.6 Å². The Morgan fingerprint density at radius 3 is 3.07 bits per heavy atom. The first kappa shape index (κ1) is 9.98. The van der Waals surface area contributed by atoms with Gasteiger partial charge in [0.15, 0.2) is 11.4 Å². The molecule has 0 aliphatic heterocycles. The van der Waals surface area contributed by atoms with Gasteiger partial charge in [0.25, 0.3) is 0 Å². The van der Waals surface area contributed by atoms with Gasteiger partial charge in [-0.15, -0.1) is 11.6 Å². The quantitative estimate of drug-likeness (QED) is 0.594. The fourth-order valence-electron chi connectivity index (χ4n) is 1.24. The maximum Gasteiger partial charge on any atom is 0.394 e. The van der Waals surface area contributed by atoms with Crippen LogP contribution in [0.4, 0.5) is 0 Å². The highest BCUT2D eigenvalue weighted by Crippen LogP contribution is 2.21.